The summed E-state index contributed by atoms with van der Waals surface area (Å²) in [6, 6.07) is 3.89. The lowest BCUT2D eigenvalue weighted by Gasteiger charge is -2.23. The van der Waals surface area contributed by atoms with Crippen LogP contribution in [-0.4, -0.2) is 23.0 Å². The highest BCUT2D eigenvalue weighted by Gasteiger charge is 2.23. The molecule has 0 saturated carbocycles. The fraction of sp³-hybridized carbons (Fsp3) is 0.357. The molecule has 0 spiro atoms. The van der Waals surface area contributed by atoms with Crippen LogP contribution in [0.15, 0.2) is 16.6 Å². The minimum absolute atomic E-state index is 0.570. The number of benzene rings is 1. The molecule has 0 saturated heterocycles. The number of ether oxygens (including phenoxy) is 2. The zero-order valence-electron chi connectivity index (χ0n) is 11.4. The van der Waals surface area contributed by atoms with Crippen molar-refractivity contribution in [2.24, 2.45) is 7.05 Å². The van der Waals surface area contributed by atoms with Gasteiger partial charge in [0, 0.05) is 24.2 Å². The van der Waals surface area contributed by atoms with Crippen LogP contribution in [-0.2, 0) is 13.5 Å². The molecule has 1 aromatic heterocycles. The minimum atomic E-state index is 0.570. The SMILES string of the molecule is CCc1c(-c2cc(N)n(C)n2)cc(Br)c2c1OCCO2. The van der Waals surface area contributed by atoms with Crippen molar-refractivity contribution in [1.29, 1.82) is 0 Å². The summed E-state index contributed by atoms with van der Waals surface area (Å²) in [5.41, 5.74) is 8.85. The van der Waals surface area contributed by atoms with Crippen molar-refractivity contribution in [2.45, 2.75) is 13.3 Å². The van der Waals surface area contributed by atoms with Crippen molar-refractivity contribution in [3.63, 3.8) is 0 Å². The maximum atomic E-state index is 5.88. The number of aryl methyl sites for hydroxylation is 1. The van der Waals surface area contributed by atoms with Crippen LogP contribution in [0.4, 0.5) is 5.82 Å². The second-order valence-electron chi connectivity index (χ2n) is 4.67. The molecule has 0 atom stereocenters. The smallest absolute Gasteiger partial charge is 0.175 e. The Hall–Kier alpha value is -1.69. The van der Waals surface area contributed by atoms with Gasteiger partial charge in [-0.3, -0.25) is 4.68 Å². The second kappa shape index (κ2) is 5.01. The number of nitrogens with zero attached hydrogens (tertiary/aromatic N) is 2. The zero-order valence-corrected chi connectivity index (χ0v) is 13.0. The lowest BCUT2D eigenvalue weighted by Crippen LogP contribution is -2.17. The van der Waals surface area contributed by atoms with E-state index in [0.717, 1.165) is 39.2 Å². The van der Waals surface area contributed by atoms with E-state index in [1.54, 1.807) is 4.68 Å². The highest BCUT2D eigenvalue weighted by atomic mass is 79.9. The Morgan fingerprint density at radius 3 is 2.60 bits per heavy atom. The lowest BCUT2D eigenvalue weighted by molar-refractivity contribution is 0.169. The van der Waals surface area contributed by atoms with Crippen molar-refractivity contribution < 1.29 is 9.47 Å². The molecule has 0 bridgehead atoms. The van der Waals surface area contributed by atoms with Gasteiger partial charge in [-0.05, 0) is 28.4 Å². The summed E-state index contributed by atoms with van der Waals surface area (Å²) in [5.74, 6) is 2.22. The zero-order chi connectivity index (χ0) is 14.3. The maximum absolute atomic E-state index is 5.88. The van der Waals surface area contributed by atoms with Crippen molar-refractivity contribution in [1.82, 2.24) is 9.78 Å². The van der Waals surface area contributed by atoms with Crippen LogP contribution in [0.1, 0.15) is 12.5 Å². The number of anilines is 1. The largest absolute Gasteiger partial charge is 0.486 e. The molecule has 6 heteroatoms. The molecule has 0 radical (unpaired) electrons. The van der Waals surface area contributed by atoms with Crippen LogP contribution in [0.5, 0.6) is 11.5 Å². The third-order valence-corrected chi connectivity index (χ3v) is 4.00. The van der Waals surface area contributed by atoms with Gasteiger partial charge in [0.1, 0.15) is 19.0 Å². The second-order valence-corrected chi connectivity index (χ2v) is 5.53. The molecule has 1 aromatic carbocycles. The number of hydrogen-bond donors (Lipinski definition) is 1. The van der Waals surface area contributed by atoms with Gasteiger partial charge in [-0.15, -0.1) is 0 Å². The van der Waals surface area contributed by atoms with Gasteiger partial charge < -0.3 is 15.2 Å². The van der Waals surface area contributed by atoms with Crippen molar-refractivity contribution in [2.75, 3.05) is 18.9 Å². The number of fused-ring (bicyclic) bond motifs is 1. The molecular formula is C14H16BrN3O2. The summed E-state index contributed by atoms with van der Waals surface area (Å²) < 4.78 is 14.0. The number of nitrogen functional groups attached to an aromatic ring is 1. The van der Waals surface area contributed by atoms with Gasteiger partial charge in [0.05, 0.1) is 10.2 Å². The Bertz CT molecular complexity index is 647. The van der Waals surface area contributed by atoms with Crippen LogP contribution in [0.2, 0.25) is 0 Å². The fourth-order valence-corrected chi connectivity index (χ4v) is 2.94. The molecule has 0 fully saturated rings. The van der Waals surface area contributed by atoms with E-state index in [-0.39, 0.29) is 0 Å². The molecule has 0 amide bonds. The summed E-state index contributed by atoms with van der Waals surface area (Å²) in [6.45, 7) is 3.24. The Balaban J connectivity index is 2.22. The Labute approximate surface area is 125 Å². The predicted molar refractivity (Wildman–Crippen MR) is 81.1 cm³/mol. The highest BCUT2D eigenvalue weighted by molar-refractivity contribution is 9.10. The van der Waals surface area contributed by atoms with E-state index < -0.39 is 0 Å². The van der Waals surface area contributed by atoms with Gasteiger partial charge in [0.25, 0.3) is 0 Å². The minimum Gasteiger partial charge on any atom is -0.486 e. The average Bonchev–Trinajstić information content (AvgIpc) is 2.78. The topological polar surface area (TPSA) is 62.3 Å². The molecule has 0 aliphatic carbocycles. The van der Waals surface area contributed by atoms with Gasteiger partial charge in [0.2, 0.25) is 0 Å². The molecule has 2 N–H and O–H groups in total. The molecule has 2 aromatic rings. The van der Waals surface area contributed by atoms with Gasteiger partial charge in [0.15, 0.2) is 11.5 Å². The van der Waals surface area contributed by atoms with E-state index >= 15 is 0 Å². The molecule has 1 aliphatic rings. The average molecular weight is 338 g/mol. The van der Waals surface area contributed by atoms with E-state index in [2.05, 4.69) is 28.0 Å². The Morgan fingerprint density at radius 2 is 2.00 bits per heavy atom. The van der Waals surface area contributed by atoms with E-state index in [0.29, 0.717) is 19.0 Å². The standard InChI is InChI=1S/C14H16BrN3O2/c1-3-8-9(11-7-12(16)18(2)17-11)6-10(15)14-13(8)19-4-5-20-14/h6-7H,3-5,16H2,1-2H3. The van der Waals surface area contributed by atoms with Gasteiger partial charge >= 0.3 is 0 Å². The van der Waals surface area contributed by atoms with Crippen molar-refractivity contribution in [3.8, 4) is 22.8 Å². The van der Waals surface area contributed by atoms with E-state index in [1.807, 2.05) is 19.2 Å². The van der Waals surface area contributed by atoms with Crippen LogP contribution in [0.3, 0.4) is 0 Å². The normalized spacial score (nSPS) is 13.6. The Morgan fingerprint density at radius 1 is 1.30 bits per heavy atom. The third-order valence-electron chi connectivity index (χ3n) is 3.42. The summed E-state index contributed by atoms with van der Waals surface area (Å²) >= 11 is 3.55. The molecule has 2 heterocycles. The van der Waals surface area contributed by atoms with Crippen LogP contribution < -0.4 is 15.2 Å². The first kappa shape index (κ1) is 13.3. The Kier molecular flexibility index (Phi) is 3.33. The fourth-order valence-electron chi connectivity index (χ4n) is 2.41. The first-order valence-corrected chi connectivity index (χ1v) is 7.32. The van der Waals surface area contributed by atoms with Crippen molar-refractivity contribution in [3.05, 3.63) is 22.2 Å². The molecule has 0 unspecified atom stereocenters. The van der Waals surface area contributed by atoms with E-state index in [9.17, 15) is 0 Å². The third kappa shape index (κ3) is 2.04. The lowest BCUT2D eigenvalue weighted by atomic mass is 10.0. The molecule has 20 heavy (non-hydrogen) atoms. The summed E-state index contributed by atoms with van der Waals surface area (Å²) in [4.78, 5) is 0. The molecular weight excluding hydrogens is 322 g/mol. The maximum Gasteiger partial charge on any atom is 0.175 e. The summed E-state index contributed by atoms with van der Waals surface area (Å²) in [6.07, 6.45) is 0.838. The first-order valence-electron chi connectivity index (χ1n) is 6.52. The molecule has 3 rings (SSSR count). The summed E-state index contributed by atoms with van der Waals surface area (Å²) in [5, 5.41) is 4.45. The number of aromatic nitrogens is 2. The molecule has 1 aliphatic heterocycles. The van der Waals surface area contributed by atoms with Gasteiger partial charge in [-0.2, -0.15) is 5.10 Å². The monoisotopic (exact) mass is 337 g/mol. The van der Waals surface area contributed by atoms with Gasteiger partial charge in [-0.1, -0.05) is 6.92 Å². The first-order chi connectivity index (χ1) is 9.61. The van der Waals surface area contributed by atoms with Crippen LogP contribution >= 0.6 is 15.9 Å². The number of nitrogens with two attached hydrogens (primary N) is 1. The number of rotatable bonds is 2. The van der Waals surface area contributed by atoms with E-state index in [1.165, 1.54) is 0 Å². The van der Waals surface area contributed by atoms with Gasteiger partial charge in [-0.25, -0.2) is 0 Å². The van der Waals surface area contributed by atoms with E-state index in [4.69, 9.17) is 15.2 Å². The molecule has 106 valence electrons. The quantitative estimate of drug-likeness (QED) is 0.915. The highest BCUT2D eigenvalue weighted by Crippen LogP contribution is 2.45. The summed E-state index contributed by atoms with van der Waals surface area (Å²) in [7, 11) is 1.83. The predicted octanol–water partition coefficient (Wildman–Crippen LogP) is 2.77. The van der Waals surface area contributed by atoms with Crippen molar-refractivity contribution >= 4 is 21.7 Å². The number of hydrogen-bond acceptors (Lipinski definition) is 4. The van der Waals surface area contributed by atoms with Crippen LogP contribution in [0.25, 0.3) is 11.3 Å². The van der Waals surface area contributed by atoms with Crippen LogP contribution in [0, 0.1) is 0 Å². The molecule has 5 nitrogen and oxygen atoms in total. The number of halogens is 1.